The lowest BCUT2D eigenvalue weighted by Crippen LogP contribution is -2.07. The number of H-pyrrole nitrogens is 1. The number of aromatic amines is 1. The molecule has 0 atom stereocenters. The summed E-state index contributed by atoms with van der Waals surface area (Å²) >= 11 is 0. The topological polar surface area (TPSA) is 87.0 Å². The van der Waals surface area contributed by atoms with Gasteiger partial charge in [-0.05, 0) is 37.3 Å². The Labute approximate surface area is 136 Å². The molecule has 0 radical (unpaired) electrons. The fourth-order valence-corrected chi connectivity index (χ4v) is 2.15. The molecule has 6 nitrogen and oxygen atoms in total. The average molecular weight is 327 g/mol. The quantitative estimate of drug-likeness (QED) is 0.710. The van der Waals surface area contributed by atoms with Gasteiger partial charge in [-0.1, -0.05) is 17.7 Å². The van der Waals surface area contributed by atoms with Gasteiger partial charge in [-0.3, -0.25) is 4.79 Å². The molecule has 3 aromatic rings. The molecule has 0 bridgehead atoms. The highest BCUT2D eigenvalue weighted by Crippen LogP contribution is 2.35. The number of carbonyl (C=O) groups excluding carboxylic acids is 1. The number of benzene rings is 2. The van der Waals surface area contributed by atoms with Crippen LogP contribution in [0.15, 0.2) is 52.7 Å². The second-order valence-corrected chi connectivity index (χ2v) is 5.21. The van der Waals surface area contributed by atoms with Gasteiger partial charge in [0.2, 0.25) is 5.88 Å². The minimum Gasteiger partial charge on any atom is -0.493 e. The van der Waals surface area contributed by atoms with Gasteiger partial charge < -0.3 is 14.8 Å². The van der Waals surface area contributed by atoms with Crippen molar-refractivity contribution in [2.45, 2.75) is 6.92 Å². The summed E-state index contributed by atoms with van der Waals surface area (Å²) < 4.78 is 18.6. The number of carbonyl (C=O) groups is 1. The van der Waals surface area contributed by atoms with Crippen LogP contribution in [-0.4, -0.2) is 22.6 Å². The number of hydrogen-bond acceptors (Lipinski definition) is 4. The maximum atomic E-state index is 13.3. The molecule has 0 spiro atoms. The molecule has 1 heterocycles. The third-order valence-corrected chi connectivity index (χ3v) is 3.36. The highest BCUT2D eigenvalue weighted by atomic mass is 19.1. The number of fused-ring (bicyclic) bond motifs is 1. The van der Waals surface area contributed by atoms with Gasteiger partial charge in [0.15, 0.2) is 12.3 Å². The molecule has 1 aromatic heterocycles. The number of nitrogens with zero attached hydrogens (tertiary/aromatic N) is 2. The lowest BCUT2D eigenvalue weighted by molar-refractivity contribution is -0.120. The van der Waals surface area contributed by atoms with Crippen LogP contribution in [0.1, 0.15) is 5.56 Å². The fraction of sp³-hybridized carbons (Fsp3) is 0.118. The monoisotopic (exact) mass is 327 g/mol. The van der Waals surface area contributed by atoms with Crippen LogP contribution in [0.2, 0.25) is 0 Å². The van der Waals surface area contributed by atoms with E-state index in [1.807, 2.05) is 19.1 Å². The van der Waals surface area contributed by atoms with E-state index in [2.05, 4.69) is 15.2 Å². The summed E-state index contributed by atoms with van der Waals surface area (Å²) in [7, 11) is 0. The smallest absolute Gasteiger partial charge is 0.302 e. The molecule has 24 heavy (non-hydrogen) atoms. The van der Waals surface area contributed by atoms with Gasteiger partial charge in [0.05, 0.1) is 5.52 Å². The molecule has 0 aliphatic carbocycles. The number of ether oxygens (including phenoxy) is 1. The summed E-state index contributed by atoms with van der Waals surface area (Å²) in [4.78, 5) is 14.4. The third kappa shape index (κ3) is 3.40. The molecule has 1 amide bonds. The fourth-order valence-electron chi connectivity index (χ4n) is 2.15. The van der Waals surface area contributed by atoms with E-state index >= 15 is 0 Å². The lowest BCUT2D eigenvalue weighted by Gasteiger charge is -2.02. The number of aryl methyl sites for hydroxylation is 1. The Morgan fingerprint density at radius 2 is 2.00 bits per heavy atom. The Kier molecular flexibility index (Phi) is 4.24. The minimum atomic E-state index is -0.624. The highest BCUT2D eigenvalue weighted by Gasteiger charge is 2.12. The molecular formula is C17H14FN3O3. The number of amides is 1. The zero-order valence-corrected chi connectivity index (χ0v) is 12.8. The van der Waals surface area contributed by atoms with E-state index in [0.29, 0.717) is 16.7 Å². The van der Waals surface area contributed by atoms with Gasteiger partial charge in [-0.25, -0.2) is 4.39 Å². The van der Waals surface area contributed by atoms with Crippen molar-refractivity contribution in [1.82, 2.24) is 4.98 Å². The Bertz CT molecular complexity index is 917. The second kappa shape index (κ2) is 6.49. The van der Waals surface area contributed by atoms with Gasteiger partial charge in [0.25, 0.3) is 0 Å². The van der Waals surface area contributed by atoms with Crippen molar-refractivity contribution in [3.63, 3.8) is 0 Å². The number of rotatable bonds is 4. The van der Waals surface area contributed by atoms with Crippen molar-refractivity contribution in [3.8, 4) is 11.6 Å². The molecule has 7 heteroatoms. The zero-order chi connectivity index (χ0) is 17.1. The van der Waals surface area contributed by atoms with Crippen molar-refractivity contribution in [2.75, 3.05) is 6.61 Å². The van der Waals surface area contributed by atoms with Gasteiger partial charge in [0.1, 0.15) is 11.6 Å². The Morgan fingerprint density at radius 3 is 2.75 bits per heavy atom. The third-order valence-electron chi connectivity index (χ3n) is 3.36. The van der Waals surface area contributed by atoms with Crippen molar-refractivity contribution in [1.29, 1.82) is 0 Å². The van der Waals surface area contributed by atoms with Gasteiger partial charge in [0, 0.05) is 5.39 Å². The van der Waals surface area contributed by atoms with E-state index in [1.54, 1.807) is 12.1 Å². The average Bonchev–Trinajstić information content (AvgIpc) is 2.87. The lowest BCUT2D eigenvalue weighted by atomic mass is 10.2. The van der Waals surface area contributed by atoms with E-state index in [9.17, 15) is 14.3 Å². The molecular weight excluding hydrogens is 313 g/mol. The summed E-state index contributed by atoms with van der Waals surface area (Å²) in [5.74, 6) is -0.847. The Morgan fingerprint density at radius 1 is 1.25 bits per heavy atom. The SMILES string of the molecule is Cc1ccc(OCC(=O)N=Nc2c(O)[nH]c3ccc(F)cc23)cc1. The summed E-state index contributed by atoms with van der Waals surface area (Å²) in [6.07, 6.45) is 0. The number of nitrogens with one attached hydrogen (secondary N) is 1. The van der Waals surface area contributed by atoms with Gasteiger partial charge in [-0.15, -0.1) is 10.2 Å². The van der Waals surface area contributed by atoms with Crippen LogP contribution in [0.5, 0.6) is 11.6 Å². The normalized spacial score (nSPS) is 11.2. The molecule has 2 N–H and O–H groups in total. The van der Waals surface area contributed by atoms with Crippen molar-refractivity contribution >= 4 is 22.5 Å². The van der Waals surface area contributed by atoms with E-state index in [0.717, 1.165) is 5.56 Å². The standard InChI is InChI=1S/C17H14FN3O3/c1-10-2-5-12(6-3-10)24-9-15(22)20-21-16-13-8-11(18)4-7-14(13)19-17(16)23/h2-8,19,23H,9H2,1H3. The zero-order valence-electron chi connectivity index (χ0n) is 12.8. The van der Waals surface area contributed by atoms with Crippen molar-refractivity contribution in [3.05, 3.63) is 53.8 Å². The van der Waals surface area contributed by atoms with Crippen LogP contribution in [0.4, 0.5) is 10.1 Å². The van der Waals surface area contributed by atoms with Crippen LogP contribution >= 0.6 is 0 Å². The first-order valence-electron chi connectivity index (χ1n) is 7.17. The summed E-state index contributed by atoms with van der Waals surface area (Å²) in [6, 6.07) is 11.1. The number of azo groups is 1. The largest absolute Gasteiger partial charge is 0.493 e. The number of aromatic nitrogens is 1. The second-order valence-electron chi connectivity index (χ2n) is 5.21. The van der Waals surface area contributed by atoms with Gasteiger partial charge >= 0.3 is 5.91 Å². The summed E-state index contributed by atoms with van der Waals surface area (Å²) in [5.41, 5.74) is 1.58. The van der Waals surface area contributed by atoms with Crippen LogP contribution in [0.25, 0.3) is 10.9 Å². The highest BCUT2D eigenvalue weighted by molar-refractivity contribution is 5.94. The Hall–Kier alpha value is -3.22. The van der Waals surface area contributed by atoms with Crippen molar-refractivity contribution in [2.24, 2.45) is 10.2 Å². The molecule has 0 aliphatic heterocycles. The molecule has 0 fully saturated rings. The maximum Gasteiger partial charge on any atom is 0.302 e. The number of hydrogen-bond donors (Lipinski definition) is 2. The summed E-state index contributed by atoms with van der Waals surface area (Å²) in [5, 5.41) is 17.3. The number of aromatic hydroxyl groups is 1. The predicted molar refractivity (Wildman–Crippen MR) is 86.1 cm³/mol. The maximum absolute atomic E-state index is 13.3. The van der Waals surface area contributed by atoms with E-state index in [1.165, 1.54) is 18.2 Å². The van der Waals surface area contributed by atoms with E-state index < -0.39 is 11.7 Å². The molecule has 122 valence electrons. The van der Waals surface area contributed by atoms with E-state index in [-0.39, 0.29) is 18.2 Å². The van der Waals surface area contributed by atoms with Gasteiger partial charge in [-0.2, -0.15) is 0 Å². The predicted octanol–water partition coefficient (Wildman–Crippen LogP) is 4.01. The van der Waals surface area contributed by atoms with Crippen LogP contribution in [-0.2, 0) is 4.79 Å². The molecule has 3 rings (SSSR count). The molecule has 0 unspecified atom stereocenters. The van der Waals surface area contributed by atoms with Crippen molar-refractivity contribution < 1.29 is 19.0 Å². The first-order valence-corrected chi connectivity index (χ1v) is 7.17. The molecule has 2 aromatic carbocycles. The molecule has 0 saturated carbocycles. The Balaban J connectivity index is 1.71. The van der Waals surface area contributed by atoms with Crippen LogP contribution in [0.3, 0.4) is 0 Å². The first kappa shape index (κ1) is 15.7. The van der Waals surface area contributed by atoms with Crippen LogP contribution in [0, 0.1) is 12.7 Å². The molecule has 0 saturated heterocycles. The minimum absolute atomic E-state index is 0.00758. The first-order chi connectivity index (χ1) is 11.5. The van der Waals surface area contributed by atoms with E-state index in [4.69, 9.17) is 4.74 Å². The number of halogens is 1. The van der Waals surface area contributed by atoms with Crippen LogP contribution < -0.4 is 4.74 Å². The summed E-state index contributed by atoms with van der Waals surface area (Å²) in [6.45, 7) is 1.66. The molecule has 0 aliphatic rings.